The third-order valence-electron chi connectivity index (χ3n) is 2.61. The van der Waals surface area contributed by atoms with Gasteiger partial charge in [-0.3, -0.25) is 0 Å². The molecule has 5 nitrogen and oxygen atoms in total. The maximum atomic E-state index is 11.9. The Morgan fingerprint density at radius 2 is 1.95 bits per heavy atom. The van der Waals surface area contributed by atoms with Gasteiger partial charge >= 0.3 is 11.9 Å². The van der Waals surface area contributed by atoms with Crippen LogP contribution in [0.25, 0.3) is 0 Å². The van der Waals surface area contributed by atoms with Gasteiger partial charge in [0.15, 0.2) is 0 Å². The van der Waals surface area contributed by atoms with Gasteiger partial charge in [0.05, 0.1) is 12.1 Å². The highest BCUT2D eigenvalue weighted by atomic mass is 35.5. The van der Waals surface area contributed by atoms with Crippen molar-refractivity contribution in [1.82, 2.24) is 4.98 Å². The van der Waals surface area contributed by atoms with Crippen LogP contribution in [0, 0.1) is 0 Å². The van der Waals surface area contributed by atoms with E-state index in [-0.39, 0.29) is 5.69 Å². The number of esters is 2. The second kappa shape index (κ2) is 6.25. The topological polar surface area (TPSA) is 68.4 Å². The summed E-state index contributed by atoms with van der Waals surface area (Å²) in [6, 6.07) is 10.1. The summed E-state index contributed by atoms with van der Waals surface area (Å²) in [6.45, 7) is 0. The van der Waals surface area contributed by atoms with Gasteiger partial charge in [0.25, 0.3) is 0 Å². The van der Waals surface area contributed by atoms with Gasteiger partial charge < -0.3 is 14.5 Å². The summed E-state index contributed by atoms with van der Waals surface area (Å²) < 4.78 is 9.84. The molecule has 1 atom stereocenters. The average molecular weight is 294 g/mol. The molecule has 6 heteroatoms. The lowest BCUT2D eigenvalue weighted by Crippen LogP contribution is -2.21. The molecule has 1 N–H and O–H groups in total. The molecule has 0 aliphatic rings. The van der Waals surface area contributed by atoms with Gasteiger partial charge in [-0.25, -0.2) is 9.59 Å². The van der Waals surface area contributed by atoms with Crippen LogP contribution < -0.4 is 0 Å². The zero-order valence-electron chi connectivity index (χ0n) is 10.6. The Morgan fingerprint density at radius 3 is 2.50 bits per heavy atom. The SMILES string of the molecule is COC(=O)C(OC(=O)c1cc(Cl)c[nH]1)c1ccccc1. The third-order valence-corrected chi connectivity index (χ3v) is 2.83. The van der Waals surface area contributed by atoms with Crippen LogP contribution in [0.15, 0.2) is 42.6 Å². The molecule has 1 aromatic carbocycles. The molecule has 20 heavy (non-hydrogen) atoms. The van der Waals surface area contributed by atoms with Crippen molar-refractivity contribution in [2.75, 3.05) is 7.11 Å². The average Bonchev–Trinajstić information content (AvgIpc) is 2.91. The van der Waals surface area contributed by atoms with Gasteiger partial charge in [0, 0.05) is 11.8 Å². The van der Waals surface area contributed by atoms with Crippen LogP contribution >= 0.6 is 11.6 Å². The van der Waals surface area contributed by atoms with Crippen LogP contribution in [0.1, 0.15) is 22.2 Å². The summed E-state index contributed by atoms with van der Waals surface area (Å²) in [5.41, 5.74) is 0.699. The molecule has 2 aromatic rings. The first kappa shape index (κ1) is 14.1. The lowest BCUT2D eigenvalue weighted by Gasteiger charge is -2.15. The fourth-order valence-electron chi connectivity index (χ4n) is 1.64. The smallest absolute Gasteiger partial charge is 0.355 e. The minimum absolute atomic E-state index is 0.167. The van der Waals surface area contributed by atoms with E-state index >= 15 is 0 Å². The Morgan fingerprint density at radius 1 is 1.25 bits per heavy atom. The quantitative estimate of drug-likeness (QED) is 0.880. The molecule has 0 amide bonds. The zero-order valence-corrected chi connectivity index (χ0v) is 11.4. The van der Waals surface area contributed by atoms with Crippen molar-refractivity contribution < 1.29 is 19.1 Å². The summed E-state index contributed by atoms with van der Waals surface area (Å²) >= 11 is 5.72. The molecule has 1 aromatic heterocycles. The maximum Gasteiger partial charge on any atom is 0.355 e. The number of aromatic nitrogens is 1. The molecular weight excluding hydrogens is 282 g/mol. The van der Waals surface area contributed by atoms with Crippen LogP contribution in [0.2, 0.25) is 5.02 Å². The minimum Gasteiger partial charge on any atom is -0.466 e. The molecule has 0 bridgehead atoms. The van der Waals surface area contributed by atoms with Crippen molar-refractivity contribution in [3.63, 3.8) is 0 Å². The van der Waals surface area contributed by atoms with E-state index in [9.17, 15) is 9.59 Å². The van der Waals surface area contributed by atoms with E-state index in [4.69, 9.17) is 16.3 Å². The Balaban J connectivity index is 2.21. The summed E-state index contributed by atoms with van der Waals surface area (Å²) in [4.78, 5) is 26.4. The number of ether oxygens (including phenoxy) is 2. The number of benzene rings is 1. The molecule has 104 valence electrons. The zero-order chi connectivity index (χ0) is 14.5. The summed E-state index contributed by atoms with van der Waals surface area (Å²) in [5.74, 6) is -1.33. The first-order chi connectivity index (χ1) is 9.61. The minimum atomic E-state index is -1.12. The number of carbonyl (C=O) groups is 2. The second-order valence-corrected chi connectivity index (χ2v) is 4.39. The molecule has 2 rings (SSSR count). The van der Waals surface area contributed by atoms with E-state index in [0.29, 0.717) is 10.6 Å². The number of methoxy groups -OCH3 is 1. The fourth-order valence-corrected chi connectivity index (χ4v) is 1.81. The molecule has 0 spiro atoms. The van der Waals surface area contributed by atoms with Gasteiger partial charge in [0.1, 0.15) is 5.69 Å². The van der Waals surface area contributed by atoms with E-state index in [1.165, 1.54) is 19.4 Å². The molecule has 0 fully saturated rings. The van der Waals surface area contributed by atoms with Crippen LogP contribution in [0.5, 0.6) is 0 Å². The van der Waals surface area contributed by atoms with Crippen molar-refractivity contribution in [3.8, 4) is 0 Å². The monoisotopic (exact) mass is 293 g/mol. The lowest BCUT2D eigenvalue weighted by molar-refractivity contribution is -0.151. The highest BCUT2D eigenvalue weighted by Gasteiger charge is 2.26. The number of H-pyrrole nitrogens is 1. The normalized spacial score (nSPS) is 11.7. The van der Waals surface area contributed by atoms with Crippen molar-refractivity contribution in [2.45, 2.75) is 6.10 Å². The highest BCUT2D eigenvalue weighted by Crippen LogP contribution is 2.21. The number of rotatable bonds is 4. The fraction of sp³-hybridized carbons (Fsp3) is 0.143. The predicted octanol–water partition coefficient (Wildman–Crippen LogP) is 2.74. The second-order valence-electron chi connectivity index (χ2n) is 3.95. The van der Waals surface area contributed by atoms with Crippen LogP contribution in [0.4, 0.5) is 0 Å². The maximum absolute atomic E-state index is 11.9. The van der Waals surface area contributed by atoms with E-state index in [1.54, 1.807) is 30.3 Å². The number of halogens is 1. The number of carbonyl (C=O) groups excluding carboxylic acids is 2. The Kier molecular flexibility index (Phi) is 4.42. The van der Waals surface area contributed by atoms with E-state index in [2.05, 4.69) is 9.72 Å². The van der Waals surface area contributed by atoms with Crippen molar-refractivity contribution >= 4 is 23.5 Å². The highest BCUT2D eigenvalue weighted by molar-refractivity contribution is 6.30. The molecule has 0 radical (unpaired) electrons. The Bertz CT molecular complexity index is 609. The first-order valence-corrected chi connectivity index (χ1v) is 6.17. The standard InChI is InChI=1S/C14H12ClNO4/c1-19-14(18)12(9-5-3-2-4-6-9)20-13(17)11-7-10(15)8-16-11/h2-8,12,16H,1H3. The summed E-state index contributed by atoms with van der Waals surface area (Å²) in [5, 5.41) is 0.381. The van der Waals surface area contributed by atoms with E-state index < -0.39 is 18.0 Å². The Labute approximate surface area is 120 Å². The van der Waals surface area contributed by atoms with Crippen molar-refractivity contribution in [3.05, 3.63) is 58.9 Å². The van der Waals surface area contributed by atoms with E-state index in [0.717, 1.165) is 0 Å². The molecule has 0 aliphatic carbocycles. The van der Waals surface area contributed by atoms with Crippen LogP contribution in [-0.4, -0.2) is 24.0 Å². The summed E-state index contributed by atoms with van der Waals surface area (Å²) in [7, 11) is 1.23. The van der Waals surface area contributed by atoms with Gasteiger partial charge in [-0.15, -0.1) is 0 Å². The molecular formula is C14H12ClNO4. The van der Waals surface area contributed by atoms with Gasteiger partial charge in [0.2, 0.25) is 6.10 Å². The number of hydrogen-bond acceptors (Lipinski definition) is 4. The molecule has 0 aliphatic heterocycles. The molecule has 0 saturated heterocycles. The first-order valence-electron chi connectivity index (χ1n) is 5.79. The van der Waals surface area contributed by atoms with Gasteiger partial charge in [-0.1, -0.05) is 41.9 Å². The molecule has 1 unspecified atom stereocenters. The van der Waals surface area contributed by atoms with Crippen LogP contribution in [-0.2, 0) is 14.3 Å². The number of hydrogen-bond donors (Lipinski definition) is 1. The number of nitrogens with one attached hydrogen (secondary N) is 1. The Hall–Kier alpha value is -2.27. The van der Waals surface area contributed by atoms with Crippen LogP contribution in [0.3, 0.4) is 0 Å². The van der Waals surface area contributed by atoms with Crippen molar-refractivity contribution in [2.24, 2.45) is 0 Å². The van der Waals surface area contributed by atoms with Gasteiger partial charge in [-0.2, -0.15) is 0 Å². The van der Waals surface area contributed by atoms with Gasteiger partial charge in [-0.05, 0) is 6.07 Å². The van der Waals surface area contributed by atoms with Crippen molar-refractivity contribution in [1.29, 1.82) is 0 Å². The molecule has 0 saturated carbocycles. The predicted molar refractivity (Wildman–Crippen MR) is 72.4 cm³/mol. The largest absolute Gasteiger partial charge is 0.466 e. The third kappa shape index (κ3) is 3.19. The molecule has 1 heterocycles. The number of aromatic amines is 1. The summed E-state index contributed by atoms with van der Waals surface area (Å²) in [6.07, 6.45) is 0.337. The lowest BCUT2D eigenvalue weighted by atomic mass is 10.1. The van der Waals surface area contributed by atoms with E-state index in [1.807, 2.05) is 0 Å².